The van der Waals surface area contributed by atoms with Crippen molar-refractivity contribution in [3.63, 3.8) is 0 Å². The van der Waals surface area contributed by atoms with Gasteiger partial charge in [-0.25, -0.2) is 0 Å². The summed E-state index contributed by atoms with van der Waals surface area (Å²) in [7, 11) is 0. The molecule has 19 heavy (non-hydrogen) atoms. The predicted octanol–water partition coefficient (Wildman–Crippen LogP) is 4.05. The lowest BCUT2D eigenvalue weighted by molar-refractivity contribution is -0.384. The molecule has 0 amide bonds. The standard InChI is InChI=1S/C14H16BrNO3/c15-13-9-12(16(18)19)7-6-10(13)8-11-4-2-1-3-5-14(11)17/h6-7,9,11H,1-5,8H2. The average Bonchev–Trinajstić information content (AvgIpc) is 2.57. The Labute approximate surface area is 120 Å². The van der Waals surface area contributed by atoms with Gasteiger partial charge in [-0.15, -0.1) is 0 Å². The fraction of sp³-hybridized carbons (Fsp3) is 0.500. The van der Waals surface area contributed by atoms with Gasteiger partial charge in [-0.1, -0.05) is 34.8 Å². The van der Waals surface area contributed by atoms with Crippen LogP contribution in [-0.2, 0) is 11.2 Å². The Kier molecular flexibility index (Phi) is 4.69. The van der Waals surface area contributed by atoms with Crippen LogP contribution in [0.5, 0.6) is 0 Å². The molecule has 0 heterocycles. The number of rotatable bonds is 3. The van der Waals surface area contributed by atoms with Crippen molar-refractivity contribution in [1.82, 2.24) is 0 Å². The number of nitro benzene ring substituents is 1. The number of carbonyl (C=O) groups is 1. The second kappa shape index (κ2) is 6.28. The van der Waals surface area contributed by atoms with Gasteiger partial charge in [0.15, 0.2) is 0 Å². The van der Waals surface area contributed by atoms with Gasteiger partial charge in [-0.2, -0.15) is 0 Å². The normalized spacial score (nSPS) is 20.1. The predicted molar refractivity (Wildman–Crippen MR) is 76.1 cm³/mol. The van der Waals surface area contributed by atoms with Crippen molar-refractivity contribution in [3.8, 4) is 0 Å². The molecule has 1 atom stereocenters. The maximum atomic E-state index is 12.0. The van der Waals surface area contributed by atoms with Crippen LogP contribution in [0.2, 0.25) is 0 Å². The maximum absolute atomic E-state index is 12.0. The Morgan fingerprint density at radius 2 is 2.11 bits per heavy atom. The van der Waals surface area contributed by atoms with E-state index in [9.17, 15) is 14.9 Å². The Balaban J connectivity index is 2.14. The molecule has 1 fully saturated rings. The lowest BCUT2D eigenvalue weighted by Crippen LogP contribution is -2.15. The Hall–Kier alpha value is -1.23. The van der Waals surface area contributed by atoms with Crippen LogP contribution < -0.4 is 0 Å². The van der Waals surface area contributed by atoms with Crippen molar-refractivity contribution in [3.05, 3.63) is 38.3 Å². The smallest absolute Gasteiger partial charge is 0.270 e. The highest BCUT2D eigenvalue weighted by Gasteiger charge is 2.22. The molecule has 1 saturated carbocycles. The lowest BCUT2D eigenvalue weighted by Gasteiger charge is -2.13. The molecule has 0 aliphatic heterocycles. The molecule has 5 heteroatoms. The molecule has 1 unspecified atom stereocenters. The fourth-order valence-electron chi connectivity index (χ4n) is 2.53. The molecule has 0 spiro atoms. The van der Waals surface area contributed by atoms with Crippen LogP contribution in [-0.4, -0.2) is 10.7 Å². The van der Waals surface area contributed by atoms with Gasteiger partial charge < -0.3 is 0 Å². The molecule has 0 bridgehead atoms. The summed E-state index contributed by atoms with van der Waals surface area (Å²) in [6.07, 6.45) is 5.51. The third-order valence-corrected chi connectivity index (χ3v) is 4.38. The summed E-state index contributed by atoms with van der Waals surface area (Å²) in [5.74, 6) is 0.406. The zero-order valence-corrected chi connectivity index (χ0v) is 12.2. The number of hydrogen-bond donors (Lipinski definition) is 0. The zero-order valence-electron chi connectivity index (χ0n) is 10.6. The first kappa shape index (κ1) is 14.2. The van der Waals surface area contributed by atoms with Gasteiger partial charge in [0, 0.05) is 28.9 Å². The minimum Gasteiger partial charge on any atom is -0.299 e. The van der Waals surface area contributed by atoms with Crippen LogP contribution in [0, 0.1) is 16.0 Å². The number of carbonyl (C=O) groups excluding carboxylic acids is 1. The van der Waals surface area contributed by atoms with Gasteiger partial charge in [0.25, 0.3) is 5.69 Å². The number of Topliss-reactive ketones (excluding diaryl/α,β-unsaturated/α-hetero) is 1. The van der Waals surface area contributed by atoms with Crippen LogP contribution >= 0.6 is 15.9 Å². The zero-order chi connectivity index (χ0) is 13.8. The molecule has 0 saturated heterocycles. The van der Waals surface area contributed by atoms with Crippen molar-refractivity contribution in [2.45, 2.75) is 38.5 Å². The van der Waals surface area contributed by atoms with Crippen LogP contribution in [0.15, 0.2) is 22.7 Å². The fourth-order valence-corrected chi connectivity index (χ4v) is 3.06. The van der Waals surface area contributed by atoms with E-state index in [2.05, 4.69) is 15.9 Å². The van der Waals surface area contributed by atoms with Gasteiger partial charge in [0.1, 0.15) is 5.78 Å². The third-order valence-electron chi connectivity index (χ3n) is 3.64. The van der Waals surface area contributed by atoms with Crippen LogP contribution in [0.3, 0.4) is 0 Å². The Morgan fingerprint density at radius 1 is 1.32 bits per heavy atom. The molecular formula is C14H16BrNO3. The number of hydrogen-bond acceptors (Lipinski definition) is 3. The summed E-state index contributed by atoms with van der Waals surface area (Å²) < 4.78 is 0.721. The first-order valence-corrected chi connectivity index (χ1v) is 7.33. The highest BCUT2D eigenvalue weighted by atomic mass is 79.9. The van der Waals surface area contributed by atoms with E-state index in [0.717, 1.165) is 35.7 Å². The van der Waals surface area contributed by atoms with Crippen LogP contribution in [0.1, 0.15) is 37.7 Å². The molecule has 0 radical (unpaired) electrons. The van der Waals surface area contributed by atoms with Crippen molar-refractivity contribution < 1.29 is 9.72 Å². The highest BCUT2D eigenvalue weighted by molar-refractivity contribution is 9.10. The van der Waals surface area contributed by atoms with E-state index < -0.39 is 4.92 Å². The van der Waals surface area contributed by atoms with E-state index in [1.807, 2.05) is 0 Å². The van der Waals surface area contributed by atoms with Gasteiger partial charge in [0.05, 0.1) is 4.92 Å². The summed E-state index contributed by atoms with van der Waals surface area (Å²) in [4.78, 5) is 22.3. The molecule has 0 aromatic heterocycles. The number of nitro groups is 1. The van der Waals surface area contributed by atoms with E-state index in [-0.39, 0.29) is 11.6 Å². The Morgan fingerprint density at radius 3 is 2.79 bits per heavy atom. The molecule has 2 rings (SSSR count). The molecule has 0 N–H and O–H groups in total. The number of nitrogens with zero attached hydrogens (tertiary/aromatic N) is 1. The van der Waals surface area contributed by atoms with E-state index in [1.165, 1.54) is 12.1 Å². The third kappa shape index (κ3) is 3.62. The average molecular weight is 326 g/mol. The number of halogens is 1. The molecule has 1 aliphatic rings. The quantitative estimate of drug-likeness (QED) is 0.478. The molecule has 1 aliphatic carbocycles. The summed E-state index contributed by atoms with van der Waals surface area (Å²) >= 11 is 3.37. The van der Waals surface area contributed by atoms with Gasteiger partial charge in [-0.05, 0) is 24.8 Å². The van der Waals surface area contributed by atoms with Crippen molar-refractivity contribution in [1.29, 1.82) is 0 Å². The van der Waals surface area contributed by atoms with E-state index >= 15 is 0 Å². The van der Waals surface area contributed by atoms with Crippen LogP contribution in [0.4, 0.5) is 5.69 Å². The van der Waals surface area contributed by atoms with Crippen molar-refractivity contribution in [2.75, 3.05) is 0 Å². The topological polar surface area (TPSA) is 60.2 Å². The maximum Gasteiger partial charge on any atom is 0.270 e. The Bertz CT molecular complexity index is 501. The summed E-state index contributed by atoms with van der Waals surface area (Å²) in [5, 5.41) is 10.7. The first-order chi connectivity index (χ1) is 9.08. The molecular weight excluding hydrogens is 310 g/mol. The summed E-state index contributed by atoms with van der Waals surface area (Å²) in [6, 6.07) is 4.76. The number of benzene rings is 1. The minimum absolute atomic E-state index is 0.0697. The van der Waals surface area contributed by atoms with Gasteiger partial charge in [0.2, 0.25) is 0 Å². The second-order valence-corrected chi connectivity index (χ2v) is 5.85. The highest BCUT2D eigenvalue weighted by Crippen LogP contribution is 2.29. The summed E-state index contributed by atoms with van der Waals surface area (Å²) in [6.45, 7) is 0. The van der Waals surface area contributed by atoms with Crippen molar-refractivity contribution in [2.24, 2.45) is 5.92 Å². The minimum atomic E-state index is -0.411. The van der Waals surface area contributed by atoms with Gasteiger partial charge >= 0.3 is 0 Å². The van der Waals surface area contributed by atoms with E-state index in [1.54, 1.807) is 6.07 Å². The van der Waals surface area contributed by atoms with E-state index in [0.29, 0.717) is 18.6 Å². The molecule has 102 valence electrons. The first-order valence-electron chi connectivity index (χ1n) is 6.53. The van der Waals surface area contributed by atoms with Gasteiger partial charge in [-0.3, -0.25) is 14.9 Å². The molecule has 1 aromatic rings. The summed E-state index contributed by atoms with van der Waals surface area (Å²) in [5.41, 5.74) is 1.05. The second-order valence-electron chi connectivity index (χ2n) is 5.00. The molecule has 4 nitrogen and oxygen atoms in total. The number of non-ortho nitro benzene ring substituents is 1. The number of ketones is 1. The lowest BCUT2D eigenvalue weighted by atomic mass is 9.91. The SMILES string of the molecule is O=C1CCCCCC1Cc1ccc([N+](=O)[O-])cc1Br. The monoisotopic (exact) mass is 325 g/mol. The van der Waals surface area contributed by atoms with Crippen LogP contribution in [0.25, 0.3) is 0 Å². The van der Waals surface area contributed by atoms with E-state index in [4.69, 9.17) is 0 Å². The van der Waals surface area contributed by atoms with Crippen molar-refractivity contribution >= 4 is 27.4 Å². The largest absolute Gasteiger partial charge is 0.299 e. The molecule has 1 aromatic carbocycles.